The van der Waals surface area contributed by atoms with E-state index in [0.29, 0.717) is 0 Å². The smallest absolute Gasteiger partial charge is 0.259 e. The Hall–Kier alpha value is -2.61. The van der Waals surface area contributed by atoms with Crippen LogP contribution in [0.4, 0.5) is 5.69 Å². The Bertz CT molecular complexity index is 944. The lowest BCUT2D eigenvalue weighted by atomic mass is 10.2. The maximum Gasteiger partial charge on any atom is 0.259 e. The minimum absolute atomic E-state index is 0.163. The number of rotatable bonds is 7. The summed E-state index contributed by atoms with van der Waals surface area (Å²) in [6.07, 6.45) is 5.53. The van der Waals surface area contributed by atoms with Crippen molar-refractivity contribution in [3.8, 4) is 0 Å². The molecule has 26 heavy (non-hydrogen) atoms. The zero-order valence-corrected chi connectivity index (χ0v) is 16.3. The summed E-state index contributed by atoms with van der Waals surface area (Å²) in [5.41, 5.74) is 5.52. The maximum atomic E-state index is 11.9. The predicted octanol–water partition coefficient (Wildman–Crippen LogP) is 3.99. The number of anilines is 1. The summed E-state index contributed by atoms with van der Waals surface area (Å²) in [5, 5.41) is 8.24. The third kappa shape index (κ3) is 4.51. The molecule has 1 heterocycles. The molecule has 0 unspecified atom stereocenters. The molecule has 132 valence electrons. The number of halogens is 1. The molecule has 3 rings (SSSR count). The van der Waals surface area contributed by atoms with Gasteiger partial charge in [0.1, 0.15) is 0 Å². The Balaban J connectivity index is 1.61. The first-order chi connectivity index (χ1) is 12.7. The Morgan fingerprint density at radius 1 is 1.19 bits per heavy atom. The van der Waals surface area contributed by atoms with E-state index in [1.165, 1.54) is 0 Å². The average Bonchev–Trinajstić information content (AvgIpc) is 3.00. The van der Waals surface area contributed by atoms with E-state index in [9.17, 15) is 4.79 Å². The van der Waals surface area contributed by atoms with Crippen LogP contribution in [-0.4, -0.2) is 23.2 Å². The molecule has 0 spiro atoms. The van der Waals surface area contributed by atoms with Gasteiger partial charge in [0.15, 0.2) is 0 Å². The minimum Gasteiger partial charge on any atom is -0.376 e. The van der Waals surface area contributed by atoms with Gasteiger partial charge in [0.2, 0.25) is 0 Å². The number of hydrogen-bond donors (Lipinski definition) is 2. The molecule has 1 aromatic heterocycles. The van der Waals surface area contributed by atoms with E-state index in [1.54, 1.807) is 6.21 Å². The molecule has 0 aliphatic rings. The Morgan fingerprint density at radius 3 is 2.73 bits per heavy atom. The van der Waals surface area contributed by atoms with Crippen LogP contribution in [0, 0.1) is 3.57 Å². The van der Waals surface area contributed by atoms with Crippen molar-refractivity contribution in [3.63, 3.8) is 0 Å². The van der Waals surface area contributed by atoms with Crippen molar-refractivity contribution in [1.82, 2.24) is 9.99 Å². The van der Waals surface area contributed by atoms with Crippen molar-refractivity contribution in [2.45, 2.75) is 6.54 Å². The highest BCUT2D eigenvalue weighted by atomic mass is 127. The summed E-state index contributed by atoms with van der Waals surface area (Å²) in [7, 11) is 0. The molecule has 0 aliphatic heterocycles. The number of carbonyl (C=O) groups is 1. The summed E-state index contributed by atoms with van der Waals surface area (Å²) in [4.78, 5) is 11.9. The lowest BCUT2D eigenvalue weighted by Crippen LogP contribution is -2.25. The van der Waals surface area contributed by atoms with Crippen LogP contribution < -0.4 is 10.7 Å². The Morgan fingerprint density at radius 2 is 1.96 bits per heavy atom. The van der Waals surface area contributed by atoms with Crippen molar-refractivity contribution in [3.05, 3.63) is 76.5 Å². The molecule has 0 saturated heterocycles. The van der Waals surface area contributed by atoms with Crippen molar-refractivity contribution < 1.29 is 4.79 Å². The van der Waals surface area contributed by atoms with Crippen LogP contribution in [0.3, 0.4) is 0 Å². The quantitative estimate of drug-likeness (QED) is 0.244. The number of hydrazone groups is 1. The fourth-order valence-electron chi connectivity index (χ4n) is 2.63. The van der Waals surface area contributed by atoms with Gasteiger partial charge in [-0.15, -0.1) is 6.58 Å². The minimum atomic E-state index is -0.199. The van der Waals surface area contributed by atoms with Gasteiger partial charge in [0, 0.05) is 38.5 Å². The molecule has 0 fully saturated rings. The van der Waals surface area contributed by atoms with Crippen LogP contribution in [-0.2, 0) is 11.3 Å². The highest BCUT2D eigenvalue weighted by Crippen LogP contribution is 2.19. The fraction of sp³-hybridized carbons (Fsp3) is 0.100. The number of fused-ring (bicyclic) bond motifs is 1. The lowest BCUT2D eigenvalue weighted by molar-refractivity contribution is -0.119. The number of aromatic nitrogens is 1. The Labute approximate surface area is 165 Å². The molecular formula is C20H19IN4O. The average molecular weight is 458 g/mol. The SMILES string of the molecule is C=CCn1cc(/C=N\NC(=O)CNc2ccc(I)cc2)c2ccccc21. The highest BCUT2D eigenvalue weighted by Gasteiger charge is 2.05. The molecule has 0 bridgehead atoms. The van der Waals surface area contributed by atoms with E-state index in [1.807, 2.05) is 54.7 Å². The summed E-state index contributed by atoms with van der Waals surface area (Å²) in [6, 6.07) is 15.9. The molecule has 1 amide bonds. The third-order valence-electron chi connectivity index (χ3n) is 3.84. The number of hydrogen-bond acceptors (Lipinski definition) is 3. The molecular weight excluding hydrogens is 439 g/mol. The maximum absolute atomic E-state index is 11.9. The van der Waals surface area contributed by atoms with Crippen LogP contribution in [0.2, 0.25) is 0 Å². The van der Waals surface area contributed by atoms with Crippen LogP contribution in [0.5, 0.6) is 0 Å². The van der Waals surface area contributed by atoms with Gasteiger partial charge in [0.05, 0.1) is 12.8 Å². The molecule has 6 heteroatoms. The lowest BCUT2D eigenvalue weighted by Gasteiger charge is -2.04. The molecule has 0 atom stereocenters. The first kappa shape index (κ1) is 18.2. The zero-order valence-electron chi connectivity index (χ0n) is 14.2. The van der Waals surface area contributed by atoms with E-state index < -0.39 is 0 Å². The number of allylic oxidation sites excluding steroid dienone is 1. The molecule has 2 aromatic carbocycles. The second-order valence-corrected chi connectivity index (χ2v) is 6.94. The van der Waals surface area contributed by atoms with Crippen LogP contribution in [0.1, 0.15) is 5.56 Å². The van der Waals surface area contributed by atoms with Crippen LogP contribution in [0.15, 0.2) is 72.5 Å². The molecule has 0 radical (unpaired) electrons. The number of benzene rings is 2. The van der Waals surface area contributed by atoms with Gasteiger partial charge < -0.3 is 9.88 Å². The van der Waals surface area contributed by atoms with Crippen LogP contribution in [0.25, 0.3) is 10.9 Å². The van der Waals surface area contributed by atoms with Crippen LogP contribution >= 0.6 is 22.6 Å². The normalized spacial score (nSPS) is 11.0. The molecule has 2 N–H and O–H groups in total. The van der Waals surface area contributed by atoms with E-state index >= 15 is 0 Å². The summed E-state index contributed by atoms with van der Waals surface area (Å²) in [6.45, 7) is 4.67. The van der Waals surface area contributed by atoms with E-state index in [4.69, 9.17) is 0 Å². The first-order valence-corrected chi connectivity index (χ1v) is 9.25. The van der Waals surface area contributed by atoms with Gasteiger partial charge in [0.25, 0.3) is 5.91 Å². The van der Waals surface area contributed by atoms with Gasteiger partial charge >= 0.3 is 0 Å². The van der Waals surface area contributed by atoms with Crippen molar-refractivity contribution in [1.29, 1.82) is 0 Å². The predicted molar refractivity (Wildman–Crippen MR) is 116 cm³/mol. The standard InChI is InChI=1S/C20H19IN4O/c1-2-11-25-14-15(18-5-3-4-6-19(18)25)12-23-24-20(26)13-22-17-9-7-16(21)8-10-17/h2-10,12,14,22H,1,11,13H2,(H,24,26)/b23-12-. The molecule has 3 aromatic rings. The van der Waals surface area contributed by atoms with Gasteiger partial charge in [-0.05, 0) is 52.9 Å². The summed E-state index contributed by atoms with van der Waals surface area (Å²) < 4.78 is 3.25. The van der Waals surface area contributed by atoms with Crippen molar-refractivity contribution in [2.24, 2.45) is 5.10 Å². The number of amides is 1. The fourth-order valence-corrected chi connectivity index (χ4v) is 2.99. The van der Waals surface area contributed by atoms with Gasteiger partial charge in [-0.2, -0.15) is 5.10 Å². The third-order valence-corrected chi connectivity index (χ3v) is 4.55. The number of carbonyl (C=O) groups excluding carboxylic acids is 1. The van der Waals surface area contributed by atoms with E-state index in [2.05, 4.69) is 55.6 Å². The number of nitrogens with zero attached hydrogens (tertiary/aromatic N) is 2. The number of para-hydroxylation sites is 1. The topological polar surface area (TPSA) is 58.4 Å². The second-order valence-electron chi connectivity index (χ2n) is 5.70. The molecule has 0 aliphatic carbocycles. The highest BCUT2D eigenvalue weighted by molar-refractivity contribution is 14.1. The zero-order chi connectivity index (χ0) is 18.4. The molecule has 0 saturated carbocycles. The van der Waals surface area contributed by atoms with Crippen molar-refractivity contribution in [2.75, 3.05) is 11.9 Å². The summed E-state index contributed by atoms with van der Waals surface area (Å²) >= 11 is 2.24. The van der Waals surface area contributed by atoms with Crippen molar-refractivity contribution >= 4 is 51.3 Å². The first-order valence-electron chi connectivity index (χ1n) is 8.17. The Kier molecular flexibility index (Phi) is 6.06. The molecule has 5 nitrogen and oxygen atoms in total. The van der Waals surface area contributed by atoms with Gasteiger partial charge in [-0.25, -0.2) is 5.43 Å². The monoisotopic (exact) mass is 458 g/mol. The number of nitrogens with one attached hydrogen (secondary N) is 2. The van der Waals surface area contributed by atoms with E-state index in [0.717, 1.165) is 32.3 Å². The van der Waals surface area contributed by atoms with Gasteiger partial charge in [-0.1, -0.05) is 24.3 Å². The largest absolute Gasteiger partial charge is 0.376 e. The van der Waals surface area contributed by atoms with E-state index in [-0.39, 0.29) is 12.5 Å². The summed E-state index contributed by atoms with van der Waals surface area (Å²) in [5.74, 6) is -0.199. The van der Waals surface area contributed by atoms with Gasteiger partial charge in [-0.3, -0.25) is 4.79 Å². The second kappa shape index (κ2) is 8.66.